The lowest BCUT2D eigenvalue weighted by molar-refractivity contribution is -0.698. The van der Waals surface area contributed by atoms with E-state index in [0.717, 1.165) is 0 Å². The van der Waals surface area contributed by atoms with Crippen LogP contribution in [0.1, 0.15) is 29.8 Å². The first-order chi connectivity index (χ1) is 11.6. The Balaban J connectivity index is 1.67. The predicted molar refractivity (Wildman–Crippen MR) is 99.1 cm³/mol. The molecular weight excluding hydrogens is 296 g/mol. The zero-order chi connectivity index (χ0) is 17.1. The van der Waals surface area contributed by atoms with Gasteiger partial charge in [-0.05, 0) is 32.4 Å². The molecule has 0 saturated heterocycles. The van der Waals surface area contributed by atoms with Gasteiger partial charge in [-0.25, -0.2) is 0 Å². The third-order valence-electron chi connectivity index (χ3n) is 5.03. The third-order valence-corrected chi connectivity index (χ3v) is 5.03. The van der Waals surface area contributed by atoms with Gasteiger partial charge < -0.3 is 15.0 Å². The normalized spacial score (nSPS) is 14.0. The Morgan fingerprint density at radius 2 is 1.67 bits per heavy atom. The van der Waals surface area contributed by atoms with Crippen molar-refractivity contribution in [1.29, 1.82) is 0 Å². The second-order valence-corrected chi connectivity index (χ2v) is 6.66. The number of fused-ring (bicyclic) bond motifs is 1. The lowest BCUT2D eigenvalue weighted by Gasteiger charge is -2.17. The summed E-state index contributed by atoms with van der Waals surface area (Å²) in [5, 5.41) is 14.0. The van der Waals surface area contributed by atoms with Crippen LogP contribution in [0.5, 0.6) is 0 Å². The van der Waals surface area contributed by atoms with Crippen molar-refractivity contribution >= 4 is 10.9 Å². The van der Waals surface area contributed by atoms with Crippen molar-refractivity contribution in [1.82, 2.24) is 4.57 Å². The van der Waals surface area contributed by atoms with Crippen LogP contribution in [-0.2, 0) is 6.54 Å². The monoisotopic (exact) mass is 323 g/mol. The van der Waals surface area contributed by atoms with Gasteiger partial charge in [-0.1, -0.05) is 48.5 Å². The second kappa shape index (κ2) is 7.20. The number of hydrogen-bond acceptors (Lipinski definition) is 1. The zero-order valence-electron chi connectivity index (χ0n) is 14.7. The lowest BCUT2D eigenvalue weighted by Crippen LogP contribution is -2.86. The van der Waals surface area contributed by atoms with Gasteiger partial charge in [-0.3, -0.25) is 0 Å². The van der Waals surface area contributed by atoms with E-state index in [0.29, 0.717) is 19.1 Å². The van der Waals surface area contributed by atoms with Crippen LogP contribution in [0.2, 0.25) is 0 Å². The van der Waals surface area contributed by atoms with Gasteiger partial charge in [0, 0.05) is 22.2 Å². The molecule has 0 aliphatic heterocycles. The summed E-state index contributed by atoms with van der Waals surface area (Å²) in [7, 11) is 0. The van der Waals surface area contributed by atoms with Crippen molar-refractivity contribution in [2.45, 2.75) is 39.5 Å². The molecule has 3 nitrogen and oxygen atoms in total. The SMILES string of the molecule is Cc1c(C)n(C[C@@H](O)C[NH2+][C@@H](C)c2ccccc2)c2ccccc12. The molecule has 3 aromatic rings. The van der Waals surface area contributed by atoms with E-state index in [2.05, 4.69) is 79.2 Å². The first-order valence-corrected chi connectivity index (χ1v) is 8.68. The number of rotatable bonds is 6. The number of quaternary nitrogens is 1. The average Bonchev–Trinajstić information content (AvgIpc) is 2.86. The number of aliphatic hydroxyl groups excluding tert-OH is 1. The highest BCUT2D eigenvalue weighted by atomic mass is 16.3. The van der Waals surface area contributed by atoms with E-state index in [1.165, 1.54) is 27.7 Å². The fourth-order valence-corrected chi connectivity index (χ4v) is 3.38. The van der Waals surface area contributed by atoms with Crippen LogP contribution in [0, 0.1) is 13.8 Å². The molecule has 2 atom stereocenters. The summed E-state index contributed by atoms with van der Waals surface area (Å²) in [5.74, 6) is 0. The molecule has 3 heteroatoms. The molecule has 0 unspecified atom stereocenters. The predicted octanol–water partition coefficient (Wildman–Crippen LogP) is 2.94. The molecule has 3 N–H and O–H groups in total. The van der Waals surface area contributed by atoms with Crippen molar-refractivity contribution < 1.29 is 10.4 Å². The van der Waals surface area contributed by atoms with Crippen LogP contribution in [0.4, 0.5) is 0 Å². The number of para-hydroxylation sites is 1. The number of aryl methyl sites for hydroxylation is 1. The average molecular weight is 323 g/mol. The van der Waals surface area contributed by atoms with Crippen molar-refractivity contribution in [2.75, 3.05) is 6.54 Å². The number of hydrogen-bond donors (Lipinski definition) is 2. The molecule has 0 aliphatic carbocycles. The molecule has 0 amide bonds. The van der Waals surface area contributed by atoms with Gasteiger partial charge in [0.1, 0.15) is 18.7 Å². The van der Waals surface area contributed by atoms with E-state index in [1.807, 2.05) is 6.07 Å². The molecule has 1 heterocycles. The largest absolute Gasteiger partial charge is 0.385 e. The molecule has 0 fully saturated rings. The molecule has 0 aliphatic rings. The van der Waals surface area contributed by atoms with Crippen molar-refractivity contribution in [3.05, 3.63) is 71.4 Å². The Bertz CT molecular complexity index is 807. The van der Waals surface area contributed by atoms with Gasteiger partial charge in [0.05, 0.1) is 6.54 Å². The van der Waals surface area contributed by atoms with E-state index < -0.39 is 0 Å². The van der Waals surface area contributed by atoms with Crippen molar-refractivity contribution in [3.63, 3.8) is 0 Å². The lowest BCUT2D eigenvalue weighted by atomic mass is 10.1. The minimum atomic E-state index is -0.370. The minimum Gasteiger partial charge on any atom is -0.385 e. The first kappa shape index (κ1) is 16.7. The van der Waals surface area contributed by atoms with Crippen LogP contribution in [-0.4, -0.2) is 22.3 Å². The van der Waals surface area contributed by atoms with E-state index in [1.54, 1.807) is 0 Å². The Labute approximate surface area is 143 Å². The maximum absolute atomic E-state index is 10.5. The molecule has 2 aromatic carbocycles. The summed E-state index contributed by atoms with van der Waals surface area (Å²) < 4.78 is 2.25. The molecule has 126 valence electrons. The molecule has 1 aromatic heterocycles. The maximum atomic E-state index is 10.5. The molecule has 0 saturated carbocycles. The standard InChI is InChI=1S/C21H26N2O/c1-15-17(3)23(21-12-8-7-11-20(15)21)14-19(24)13-22-16(2)18-9-5-4-6-10-18/h4-12,16,19,22,24H,13-14H2,1-3H3/p+1/t16-,19-/m0/s1. The molecule has 24 heavy (non-hydrogen) atoms. The Morgan fingerprint density at radius 1 is 1.00 bits per heavy atom. The Morgan fingerprint density at radius 3 is 2.42 bits per heavy atom. The topological polar surface area (TPSA) is 41.8 Å². The quantitative estimate of drug-likeness (QED) is 0.719. The number of nitrogens with zero attached hydrogens (tertiary/aromatic N) is 1. The Kier molecular flexibility index (Phi) is 5.03. The fourth-order valence-electron chi connectivity index (χ4n) is 3.38. The summed E-state index contributed by atoms with van der Waals surface area (Å²) >= 11 is 0. The van der Waals surface area contributed by atoms with Crippen LogP contribution in [0.25, 0.3) is 10.9 Å². The van der Waals surface area contributed by atoms with Gasteiger partial charge >= 0.3 is 0 Å². The van der Waals surface area contributed by atoms with Crippen LogP contribution in [0.3, 0.4) is 0 Å². The number of aromatic nitrogens is 1. The third kappa shape index (κ3) is 3.37. The highest BCUT2D eigenvalue weighted by molar-refractivity contribution is 5.85. The van der Waals surface area contributed by atoms with Crippen molar-refractivity contribution in [3.8, 4) is 0 Å². The van der Waals surface area contributed by atoms with E-state index in [-0.39, 0.29) is 6.10 Å². The molecule has 0 bridgehead atoms. The number of benzene rings is 2. The summed E-state index contributed by atoms with van der Waals surface area (Å²) in [6.45, 7) is 7.81. The highest BCUT2D eigenvalue weighted by Crippen LogP contribution is 2.25. The maximum Gasteiger partial charge on any atom is 0.121 e. The smallest absolute Gasteiger partial charge is 0.121 e. The Hall–Kier alpha value is -2.10. The van der Waals surface area contributed by atoms with Gasteiger partial charge in [0.25, 0.3) is 0 Å². The van der Waals surface area contributed by atoms with E-state index in [4.69, 9.17) is 0 Å². The molecular formula is C21H27N2O+. The summed E-state index contributed by atoms with van der Waals surface area (Å²) in [5.41, 5.74) is 5.05. The highest BCUT2D eigenvalue weighted by Gasteiger charge is 2.16. The van der Waals surface area contributed by atoms with Crippen LogP contribution >= 0.6 is 0 Å². The van der Waals surface area contributed by atoms with Crippen LogP contribution < -0.4 is 5.32 Å². The number of nitrogens with two attached hydrogens (primary N) is 1. The van der Waals surface area contributed by atoms with E-state index >= 15 is 0 Å². The molecule has 3 rings (SSSR count). The molecule has 0 radical (unpaired) electrons. The van der Waals surface area contributed by atoms with Crippen LogP contribution in [0.15, 0.2) is 54.6 Å². The summed E-state index contributed by atoms with van der Waals surface area (Å²) in [6, 6.07) is 19.2. The van der Waals surface area contributed by atoms with Gasteiger partial charge in [0.2, 0.25) is 0 Å². The van der Waals surface area contributed by atoms with Crippen molar-refractivity contribution in [2.24, 2.45) is 0 Å². The fraction of sp³-hybridized carbons (Fsp3) is 0.333. The first-order valence-electron chi connectivity index (χ1n) is 8.68. The van der Waals surface area contributed by atoms with E-state index in [9.17, 15) is 5.11 Å². The van der Waals surface area contributed by atoms with Gasteiger partial charge in [-0.15, -0.1) is 0 Å². The second-order valence-electron chi connectivity index (χ2n) is 6.66. The summed E-state index contributed by atoms with van der Waals surface area (Å²) in [6.07, 6.45) is -0.370. The van der Waals surface area contributed by atoms with Gasteiger partial charge in [0.15, 0.2) is 0 Å². The van der Waals surface area contributed by atoms with Gasteiger partial charge in [-0.2, -0.15) is 0 Å². The molecule has 0 spiro atoms. The zero-order valence-corrected chi connectivity index (χ0v) is 14.7. The number of aliphatic hydroxyl groups is 1. The minimum absolute atomic E-state index is 0.352. The summed E-state index contributed by atoms with van der Waals surface area (Å²) in [4.78, 5) is 0.